The number of anilines is 2. The Kier molecular flexibility index (Phi) is 10.5. The third-order valence-electron chi connectivity index (χ3n) is 4.85. The van der Waals surface area contributed by atoms with Crippen LogP contribution in [0, 0.1) is 5.41 Å². The Balaban J connectivity index is 1.64. The molecule has 0 fully saturated rings. The van der Waals surface area contributed by atoms with Crippen molar-refractivity contribution < 1.29 is 17.9 Å². The molecule has 35 heavy (non-hydrogen) atoms. The largest absolute Gasteiger partial charge is 0.494 e. The first-order valence-electron chi connectivity index (χ1n) is 10.8. The number of carbonyl (C=O) groups is 1. The summed E-state index contributed by atoms with van der Waals surface area (Å²) in [6.07, 6.45) is 2.88. The number of hydrogen-bond acceptors (Lipinski definition) is 9. The smallest absolute Gasteiger partial charge is 0.280 e. The van der Waals surface area contributed by atoms with Gasteiger partial charge in [0.05, 0.1) is 12.4 Å². The Morgan fingerprint density at radius 3 is 2.46 bits per heavy atom. The predicted molar refractivity (Wildman–Crippen MR) is 136 cm³/mol. The van der Waals surface area contributed by atoms with Crippen LogP contribution in [0.25, 0.3) is 0 Å². The molecule has 0 spiro atoms. The van der Waals surface area contributed by atoms with E-state index >= 15 is 0 Å². The number of guanidine groups is 1. The molecule has 1 aromatic heterocycles. The highest BCUT2D eigenvalue weighted by Crippen LogP contribution is 2.17. The van der Waals surface area contributed by atoms with Gasteiger partial charge in [-0.3, -0.25) is 15.5 Å². The molecule has 2 aromatic rings. The van der Waals surface area contributed by atoms with Crippen molar-refractivity contribution in [1.29, 1.82) is 5.41 Å². The monoisotopic (exact) mass is 526 g/mol. The minimum atomic E-state index is -3.21. The van der Waals surface area contributed by atoms with Gasteiger partial charge in [-0.2, -0.15) is 0 Å². The second kappa shape index (κ2) is 13.1. The molecule has 1 heterocycles. The third kappa shape index (κ3) is 9.19. The highest BCUT2D eigenvalue weighted by atomic mass is 35.5. The van der Waals surface area contributed by atoms with E-state index in [-0.39, 0.29) is 34.2 Å². The van der Waals surface area contributed by atoms with E-state index in [1.54, 1.807) is 0 Å². The number of benzene rings is 1. The molecular formula is C21H31ClN8O4S. The van der Waals surface area contributed by atoms with Crippen molar-refractivity contribution in [2.24, 2.45) is 0 Å². The highest BCUT2D eigenvalue weighted by Gasteiger charge is 2.17. The van der Waals surface area contributed by atoms with Gasteiger partial charge < -0.3 is 21.5 Å². The van der Waals surface area contributed by atoms with Crippen molar-refractivity contribution in [2.45, 2.75) is 25.7 Å². The van der Waals surface area contributed by atoms with E-state index in [1.165, 1.54) is 18.4 Å². The van der Waals surface area contributed by atoms with Crippen LogP contribution >= 0.6 is 11.6 Å². The summed E-state index contributed by atoms with van der Waals surface area (Å²) in [4.78, 5) is 19.7. The lowest BCUT2D eigenvalue weighted by Crippen LogP contribution is -2.41. The number of ether oxygens (including phenoxy) is 1. The van der Waals surface area contributed by atoms with Crippen LogP contribution in [0.15, 0.2) is 24.3 Å². The number of nitrogens with two attached hydrogens (primary N) is 2. The van der Waals surface area contributed by atoms with Crippen LogP contribution in [-0.2, 0) is 16.4 Å². The number of unbranched alkanes of at least 4 members (excludes halogenated alkanes) is 1. The SMILES string of the molecule is CN(C)S(=O)(=O)CCCOc1ccc(CCCCNC(=N)NC(=O)c2nc(Cl)c(N)nc2N)cc1. The number of aromatic nitrogens is 2. The molecule has 0 bridgehead atoms. The molecule has 12 nitrogen and oxygen atoms in total. The van der Waals surface area contributed by atoms with E-state index < -0.39 is 15.9 Å². The van der Waals surface area contributed by atoms with E-state index in [0.717, 1.165) is 24.8 Å². The van der Waals surface area contributed by atoms with Gasteiger partial charge in [0.25, 0.3) is 5.91 Å². The summed E-state index contributed by atoms with van der Waals surface area (Å²) in [7, 11) is -0.183. The van der Waals surface area contributed by atoms with Gasteiger partial charge in [-0.1, -0.05) is 23.7 Å². The molecule has 0 saturated heterocycles. The summed E-state index contributed by atoms with van der Waals surface area (Å²) in [5.74, 6) is -0.421. The third-order valence-corrected chi connectivity index (χ3v) is 7.04. The van der Waals surface area contributed by atoms with Crippen LogP contribution < -0.4 is 26.8 Å². The summed E-state index contributed by atoms with van der Waals surface area (Å²) in [6, 6.07) is 7.64. The van der Waals surface area contributed by atoms with Crippen LogP contribution in [0.3, 0.4) is 0 Å². The number of aryl methyl sites for hydroxylation is 1. The average Bonchev–Trinajstić information content (AvgIpc) is 2.79. The first-order chi connectivity index (χ1) is 16.5. The molecule has 0 radical (unpaired) electrons. The van der Waals surface area contributed by atoms with Gasteiger partial charge in [0.2, 0.25) is 10.0 Å². The second-order valence-corrected chi connectivity index (χ2v) is 10.5. The Morgan fingerprint density at radius 1 is 1.11 bits per heavy atom. The van der Waals surface area contributed by atoms with Crippen molar-refractivity contribution in [3.63, 3.8) is 0 Å². The number of rotatable bonds is 12. The first-order valence-corrected chi connectivity index (χ1v) is 12.8. The number of hydrogen-bond donors (Lipinski definition) is 5. The Bertz CT molecular complexity index is 1130. The number of sulfonamides is 1. The number of nitrogens with one attached hydrogen (secondary N) is 3. The Morgan fingerprint density at radius 2 is 1.80 bits per heavy atom. The fourth-order valence-electron chi connectivity index (χ4n) is 2.86. The molecule has 0 aliphatic heterocycles. The summed E-state index contributed by atoms with van der Waals surface area (Å²) < 4.78 is 30.3. The standard InChI is InChI=1S/C21H31ClN8O4S/c1-30(2)35(32,33)13-5-12-34-15-9-7-14(8-10-15)6-3-4-11-26-21(25)29-20(31)16-18(23)28-19(24)17(22)27-16/h7-10H,3-6,11-13H2,1-2H3,(H4,23,24,28)(H3,25,26,29,31). The molecule has 0 unspecified atom stereocenters. The maximum Gasteiger partial charge on any atom is 0.280 e. The first kappa shape index (κ1) is 28.1. The number of carbonyl (C=O) groups excluding carboxylic acids is 1. The van der Waals surface area contributed by atoms with Crippen LogP contribution in [0.2, 0.25) is 5.15 Å². The van der Waals surface area contributed by atoms with Crippen molar-refractivity contribution >= 4 is 45.1 Å². The fourth-order valence-corrected chi connectivity index (χ4v) is 3.83. The number of halogens is 1. The van der Waals surface area contributed by atoms with E-state index in [2.05, 4.69) is 20.6 Å². The minimum absolute atomic E-state index is 0.0468. The summed E-state index contributed by atoms with van der Waals surface area (Å²) in [6.45, 7) is 0.810. The van der Waals surface area contributed by atoms with E-state index in [4.69, 9.17) is 33.2 Å². The zero-order valence-electron chi connectivity index (χ0n) is 19.7. The lowest BCUT2D eigenvalue weighted by molar-refractivity contribution is 0.0971. The van der Waals surface area contributed by atoms with Crippen LogP contribution in [0.5, 0.6) is 5.75 Å². The lowest BCUT2D eigenvalue weighted by atomic mass is 10.1. The molecule has 7 N–H and O–H groups in total. The van der Waals surface area contributed by atoms with Crippen molar-refractivity contribution in [1.82, 2.24) is 24.9 Å². The predicted octanol–water partition coefficient (Wildman–Crippen LogP) is 1.23. The molecule has 1 amide bonds. The van der Waals surface area contributed by atoms with Gasteiger partial charge in [0.1, 0.15) is 5.75 Å². The van der Waals surface area contributed by atoms with E-state index in [0.29, 0.717) is 25.3 Å². The van der Waals surface area contributed by atoms with E-state index in [9.17, 15) is 13.2 Å². The maximum absolute atomic E-state index is 12.2. The van der Waals surface area contributed by atoms with E-state index in [1.807, 2.05) is 24.3 Å². The maximum atomic E-state index is 12.2. The average molecular weight is 527 g/mol. The molecule has 2 rings (SSSR count). The zero-order chi connectivity index (χ0) is 26.0. The number of nitrogen functional groups attached to an aromatic ring is 2. The van der Waals surface area contributed by atoms with Crippen molar-refractivity contribution in [2.75, 3.05) is 44.5 Å². The number of nitrogens with zero attached hydrogens (tertiary/aromatic N) is 3. The Labute approximate surface area is 210 Å². The molecule has 192 valence electrons. The van der Waals surface area contributed by atoms with Gasteiger partial charge in [-0.05, 0) is 43.4 Å². The van der Waals surface area contributed by atoms with Crippen molar-refractivity contribution in [3.05, 3.63) is 40.7 Å². The number of amides is 1. The summed E-state index contributed by atoms with van der Waals surface area (Å²) in [5.41, 5.74) is 12.0. The zero-order valence-corrected chi connectivity index (χ0v) is 21.2. The highest BCUT2D eigenvalue weighted by molar-refractivity contribution is 7.89. The van der Waals surface area contributed by atoms with Crippen LogP contribution in [-0.4, -0.2) is 67.6 Å². The summed E-state index contributed by atoms with van der Waals surface area (Å²) in [5, 5.41) is 12.8. The molecular weight excluding hydrogens is 496 g/mol. The Hall–Kier alpha value is -3.16. The minimum Gasteiger partial charge on any atom is -0.494 e. The molecule has 14 heteroatoms. The molecule has 1 aromatic carbocycles. The van der Waals surface area contributed by atoms with Gasteiger partial charge >= 0.3 is 0 Å². The molecule has 0 saturated carbocycles. The topological polar surface area (TPSA) is 189 Å². The molecule has 0 aliphatic rings. The van der Waals surface area contributed by atoms with Gasteiger partial charge in [-0.15, -0.1) is 0 Å². The van der Waals surface area contributed by atoms with Gasteiger partial charge in [0, 0.05) is 20.6 Å². The van der Waals surface area contributed by atoms with Crippen molar-refractivity contribution in [3.8, 4) is 5.75 Å². The van der Waals surface area contributed by atoms with Crippen LogP contribution in [0.4, 0.5) is 11.6 Å². The molecule has 0 aliphatic carbocycles. The normalized spacial score (nSPS) is 11.3. The fraction of sp³-hybridized carbons (Fsp3) is 0.429. The summed E-state index contributed by atoms with van der Waals surface area (Å²) >= 11 is 5.76. The van der Waals surface area contributed by atoms with Gasteiger partial charge in [-0.25, -0.2) is 22.7 Å². The quantitative estimate of drug-likeness (QED) is 0.154. The lowest BCUT2D eigenvalue weighted by Gasteiger charge is -2.12. The van der Waals surface area contributed by atoms with Crippen LogP contribution in [0.1, 0.15) is 35.3 Å². The molecule has 0 atom stereocenters. The van der Waals surface area contributed by atoms with Gasteiger partial charge in [0.15, 0.2) is 28.4 Å². The second-order valence-electron chi connectivity index (χ2n) is 7.79.